The normalized spacial score (nSPS) is 10.5. The van der Waals surface area contributed by atoms with Crippen LogP contribution in [0.4, 0.5) is 5.69 Å². The lowest BCUT2D eigenvalue weighted by Crippen LogP contribution is -2.29. The second-order valence-corrected chi connectivity index (χ2v) is 5.80. The molecule has 0 aliphatic heterocycles. The van der Waals surface area contributed by atoms with Crippen molar-refractivity contribution in [3.63, 3.8) is 0 Å². The summed E-state index contributed by atoms with van der Waals surface area (Å²) in [5.41, 5.74) is 1.68. The molecular formula is C18H21ClN2O3. The van der Waals surface area contributed by atoms with E-state index in [0.29, 0.717) is 28.8 Å². The van der Waals surface area contributed by atoms with Crippen molar-refractivity contribution in [2.45, 2.75) is 6.54 Å². The first-order valence-electron chi connectivity index (χ1n) is 7.47. The molecule has 1 amide bonds. The summed E-state index contributed by atoms with van der Waals surface area (Å²) in [6.07, 6.45) is 0. The Morgan fingerprint density at radius 2 is 1.79 bits per heavy atom. The van der Waals surface area contributed by atoms with Gasteiger partial charge in [0.1, 0.15) is 11.5 Å². The zero-order valence-corrected chi connectivity index (χ0v) is 14.8. The summed E-state index contributed by atoms with van der Waals surface area (Å²) in [6.45, 7) is 0.943. The number of nitrogens with zero attached hydrogens (tertiary/aromatic N) is 1. The van der Waals surface area contributed by atoms with Gasteiger partial charge in [-0.05, 0) is 12.6 Å². The molecule has 0 heterocycles. The van der Waals surface area contributed by atoms with Crippen molar-refractivity contribution in [2.24, 2.45) is 0 Å². The molecule has 0 aromatic heterocycles. The molecule has 0 spiro atoms. The lowest BCUT2D eigenvalue weighted by atomic mass is 10.2. The number of carbonyl (C=O) groups is 1. The summed E-state index contributed by atoms with van der Waals surface area (Å²) in [6, 6.07) is 13.3. The zero-order valence-electron chi connectivity index (χ0n) is 14.0. The average molecular weight is 349 g/mol. The summed E-state index contributed by atoms with van der Waals surface area (Å²) in [7, 11) is 4.94. The number of halogens is 1. The van der Waals surface area contributed by atoms with Crippen LogP contribution < -0.4 is 14.8 Å². The summed E-state index contributed by atoms with van der Waals surface area (Å²) in [4.78, 5) is 14.2. The number of benzene rings is 2. The summed E-state index contributed by atoms with van der Waals surface area (Å²) >= 11 is 6.07. The fourth-order valence-corrected chi connectivity index (χ4v) is 2.57. The van der Waals surface area contributed by atoms with Crippen LogP contribution in [0.3, 0.4) is 0 Å². The zero-order chi connectivity index (χ0) is 17.5. The maximum atomic E-state index is 12.3. The molecule has 0 saturated carbocycles. The number of amides is 1. The van der Waals surface area contributed by atoms with Gasteiger partial charge in [-0.15, -0.1) is 0 Å². The van der Waals surface area contributed by atoms with Gasteiger partial charge < -0.3 is 14.8 Å². The van der Waals surface area contributed by atoms with Crippen molar-refractivity contribution >= 4 is 23.2 Å². The number of likely N-dealkylation sites (N-methyl/N-ethyl adjacent to an activating group) is 1. The van der Waals surface area contributed by atoms with Gasteiger partial charge in [-0.2, -0.15) is 0 Å². The molecule has 1 N–H and O–H groups in total. The fraction of sp³-hybridized carbons (Fsp3) is 0.278. The molecular weight excluding hydrogens is 328 g/mol. The van der Waals surface area contributed by atoms with E-state index in [1.54, 1.807) is 12.1 Å². The van der Waals surface area contributed by atoms with Gasteiger partial charge in [0, 0.05) is 18.7 Å². The molecule has 2 aromatic rings. The number of carbonyl (C=O) groups excluding carboxylic acids is 1. The summed E-state index contributed by atoms with van der Waals surface area (Å²) in [5, 5.41) is 3.26. The van der Waals surface area contributed by atoms with Gasteiger partial charge in [0.2, 0.25) is 5.91 Å². The molecule has 0 saturated heterocycles. The van der Waals surface area contributed by atoms with E-state index in [1.165, 1.54) is 14.2 Å². The number of anilines is 1. The second kappa shape index (κ2) is 8.57. The predicted molar refractivity (Wildman–Crippen MR) is 96.0 cm³/mol. The average Bonchev–Trinajstić information content (AvgIpc) is 2.56. The third-order valence-electron chi connectivity index (χ3n) is 3.46. The van der Waals surface area contributed by atoms with Crippen molar-refractivity contribution in [3.8, 4) is 11.5 Å². The molecule has 0 bridgehead atoms. The first-order valence-corrected chi connectivity index (χ1v) is 7.85. The van der Waals surface area contributed by atoms with Crippen molar-refractivity contribution in [1.29, 1.82) is 0 Å². The van der Waals surface area contributed by atoms with Crippen LogP contribution in [-0.2, 0) is 11.3 Å². The molecule has 0 aliphatic carbocycles. The smallest absolute Gasteiger partial charge is 0.238 e. The van der Waals surface area contributed by atoms with E-state index in [1.807, 2.05) is 42.3 Å². The van der Waals surface area contributed by atoms with E-state index in [9.17, 15) is 4.79 Å². The van der Waals surface area contributed by atoms with Gasteiger partial charge in [-0.25, -0.2) is 0 Å². The lowest BCUT2D eigenvalue weighted by molar-refractivity contribution is -0.117. The third-order valence-corrected chi connectivity index (χ3v) is 3.75. The number of nitrogens with one attached hydrogen (secondary N) is 1. The third kappa shape index (κ3) is 4.88. The van der Waals surface area contributed by atoms with Crippen LogP contribution in [0.5, 0.6) is 11.5 Å². The molecule has 0 aliphatic rings. The predicted octanol–water partition coefficient (Wildman–Crippen LogP) is 3.43. The molecule has 2 aromatic carbocycles. The monoisotopic (exact) mass is 348 g/mol. The highest BCUT2D eigenvalue weighted by Crippen LogP contribution is 2.35. The van der Waals surface area contributed by atoms with Crippen molar-refractivity contribution < 1.29 is 14.3 Å². The first-order chi connectivity index (χ1) is 11.5. The molecule has 6 heteroatoms. The largest absolute Gasteiger partial charge is 0.495 e. The molecule has 2 rings (SSSR count). The maximum absolute atomic E-state index is 12.3. The Kier molecular flexibility index (Phi) is 6.46. The Hall–Kier alpha value is -2.24. The van der Waals surface area contributed by atoms with Gasteiger partial charge in [0.05, 0.1) is 31.5 Å². The first kappa shape index (κ1) is 18.1. The Bertz CT molecular complexity index is 692. The van der Waals surface area contributed by atoms with E-state index in [2.05, 4.69) is 5.32 Å². The van der Waals surface area contributed by atoms with Crippen LogP contribution in [0, 0.1) is 0 Å². The highest BCUT2D eigenvalue weighted by atomic mass is 35.5. The second-order valence-electron chi connectivity index (χ2n) is 5.39. The van der Waals surface area contributed by atoms with Crippen molar-refractivity contribution in [2.75, 3.05) is 33.1 Å². The summed E-state index contributed by atoms with van der Waals surface area (Å²) in [5.74, 6) is 0.821. The van der Waals surface area contributed by atoms with E-state index >= 15 is 0 Å². The van der Waals surface area contributed by atoms with Crippen LogP contribution >= 0.6 is 11.6 Å². The Morgan fingerprint density at radius 1 is 1.12 bits per heavy atom. The van der Waals surface area contributed by atoms with Crippen molar-refractivity contribution in [3.05, 3.63) is 53.1 Å². The SMILES string of the molecule is COc1cc(NC(=O)CN(C)Cc2ccccc2)c(OC)cc1Cl. The number of hydrogen-bond acceptors (Lipinski definition) is 4. The summed E-state index contributed by atoms with van der Waals surface area (Å²) < 4.78 is 10.4. The van der Waals surface area contributed by atoms with E-state index < -0.39 is 0 Å². The van der Waals surface area contributed by atoms with E-state index in [0.717, 1.165) is 5.56 Å². The Morgan fingerprint density at radius 3 is 2.42 bits per heavy atom. The van der Waals surface area contributed by atoms with Gasteiger partial charge in [-0.3, -0.25) is 9.69 Å². The van der Waals surface area contributed by atoms with Crippen LogP contribution in [0.25, 0.3) is 0 Å². The molecule has 128 valence electrons. The Balaban J connectivity index is 2.01. The van der Waals surface area contributed by atoms with Crippen LogP contribution in [-0.4, -0.2) is 38.6 Å². The van der Waals surface area contributed by atoms with E-state index in [-0.39, 0.29) is 12.5 Å². The van der Waals surface area contributed by atoms with Gasteiger partial charge in [0.25, 0.3) is 0 Å². The molecule has 0 atom stereocenters. The van der Waals surface area contributed by atoms with Crippen molar-refractivity contribution in [1.82, 2.24) is 4.90 Å². The number of rotatable bonds is 7. The standard InChI is InChI=1S/C18H21ClN2O3/c1-21(11-13-7-5-4-6-8-13)12-18(22)20-15-10-16(23-2)14(19)9-17(15)24-3/h4-10H,11-12H2,1-3H3,(H,20,22). The van der Waals surface area contributed by atoms with Gasteiger partial charge >= 0.3 is 0 Å². The Labute approximate surface area is 147 Å². The molecule has 0 radical (unpaired) electrons. The van der Waals surface area contributed by atoms with Crippen LogP contribution in [0.15, 0.2) is 42.5 Å². The van der Waals surface area contributed by atoms with Crippen LogP contribution in [0.2, 0.25) is 5.02 Å². The van der Waals surface area contributed by atoms with Crippen LogP contribution in [0.1, 0.15) is 5.56 Å². The number of methoxy groups -OCH3 is 2. The lowest BCUT2D eigenvalue weighted by Gasteiger charge is -2.18. The van der Waals surface area contributed by atoms with Gasteiger partial charge in [0.15, 0.2) is 0 Å². The quantitative estimate of drug-likeness (QED) is 0.833. The minimum Gasteiger partial charge on any atom is -0.495 e. The number of ether oxygens (including phenoxy) is 2. The molecule has 0 unspecified atom stereocenters. The minimum atomic E-state index is -0.142. The minimum absolute atomic E-state index is 0.142. The topological polar surface area (TPSA) is 50.8 Å². The van der Waals surface area contributed by atoms with Gasteiger partial charge in [-0.1, -0.05) is 41.9 Å². The molecule has 5 nitrogen and oxygen atoms in total. The maximum Gasteiger partial charge on any atom is 0.238 e. The molecule has 24 heavy (non-hydrogen) atoms. The highest BCUT2D eigenvalue weighted by molar-refractivity contribution is 6.32. The highest BCUT2D eigenvalue weighted by Gasteiger charge is 2.14. The van der Waals surface area contributed by atoms with E-state index in [4.69, 9.17) is 21.1 Å². The fourth-order valence-electron chi connectivity index (χ4n) is 2.34. The number of hydrogen-bond donors (Lipinski definition) is 1. The molecule has 0 fully saturated rings.